The van der Waals surface area contributed by atoms with Crippen LogP contribution in [0, 0.1) is 12.8 Å². The van der Waals surface area contributed by atoms with E-state index in [0.29, 0.717) is 5.56 Å². The molecule has 3 aromatic carbocycles. The molecule has 0 bridgehead atoms. The van der Waals surface area contributed by atoms with Crippen LogP contribution in [0.5, 0.6) is 11.5 Å². The number of aliphatic imine (C=N–C) groups is 1. The van der Waals surface area contributed by atoms with Crippen molar-refractivity contribution in [3.05, 3.63) is 92.5 Å². The Kier molecular flexibility index (Phi) is 11.3. The van der Waals surface area contributed by atoms with Gasteiger partial charge >= 0.3 is 5.97 Å². The second-order valence-corrected chi connectivity index (χ2v) is 15.6. The molecule has 6 N–H and O–H groups in total. The minimum Gasteiger partial charge on any atom is -0.507 e. The Bertz CT molecular complexity index is 2410. The molecule has 322 valence electrons. The zero-order valence-corrected chi connectivity index (χ0v) is 33.7. The van der Waals surface area contributed by atoms with Crippen molar-refractivity contribution < 1.29 is 78.4 Å². The predicted octanol–water partition coefficient (Wildman–Crippen LogP) is 0.730. The Morgan fingerprint density at radius 3 is 2.31 bits per heavy atom. The first-order valence-electron chi connectivity index (χ1n) is 19.3. The smallest absolute Gasteiger partial charge is 0.325 e. The van der Waals surface area contributed by atoms with Gasteiger partial charge in [-0.1, -0.05) is 36.4 Å². The number of aliphatic hydroxyl groups is 4. The molecule has 1 fully saturated rings. The number of Topliss-reactive ketones (excluding diaryl/α,β-unsaturated/α-hetero) is 4. The van der Waals surface area contributed by atoms with E-state index in [9.17, 15) is 59.4 Å². The maximum atomic E-state index is 14.9. The maximum absolute atomic E-state index is 14.9. The molecular formula is C43H44N2O16. The second kappa shape index (κ2) is 15.9. The van der Waals surface area contributed by atoms with Gasteiger partial charge in [0.1, 0.15) is 30.8 Å². The highest BCUT2D eigenvalue weighted by Gasteiger charge is 2.72. The number of benzene rings is 3. The van der Waals surface area contributed by atoms with Crippen molar-refractivity contribution in [2.75, 3.05) is 34.4 Å². The number of hydrogen-bond acceptors (Lipinski definition) is 17. The average molecular weight is 845 g/mol. The molecule has 18 heteroatoms. The zero-order valence-electron chi connectivity index (χ0n) is 33.7. The number of hydrogen-bond donors (Lipinski definition) is 6. The number of methoxy groups -OCH3 is 2. The molecule has 1 heterocycles. The number of amides is 1. The molecular weight excluding hydrogens is 800 g/mol. The van der Waals surface area contributed by atoms with Crippen LogP contribution in [0.15, 0.2) is 47.5 Å². The van der Waals surface area contributed by atoms with Crippen molar-refractivity contribution in [1.29, 1.82) is 0 Å². The lowest BCUT2D eigenvalue weighted by Gasteiger charge is -2.53. The fraction of sp³-hybridized carbons (Fsp3) is 0.419. The number of ether oxygens (including phenoxy) is 4. The van der Waals surface area contributed by atoms with E-state index < -0.39 is 159 Å². The third kappa shape index (κ3) is 6.48. The second-order valence-electron chi connectivity index (χ2n) is 15.6. The maximum Gasteiger partial charge on any atom is 0.325 e. The predicted molar refractivity (Wildman–Crippen MR) is 209 cm³/mol. The largest absolute Gasteiger partial charge is 0.507 e. The monoisotopic (exact) mass is 844 g/mol. The highest BCUT2D eigenvalue weighted by Crippen LogP contribution is 2.56. The summed E-state index contributed by atoms with van der Waals surface area (Å²) in [6.45, 7) is 1.68. The number of ketones is 4. The van der Waals surface area contributed by atoms with Gasteiger partial charge in [-0.15, -0.1) is 0 Å². The molecule has 1 amide bonds. The van der Waals surface area contributed by atoms with Gasteiger partial charge in [0.2, 0.25) is 17.3 Å². The normalized spacial score (nSPS) is 28.8. The zero-order chi connectivity index (χ0) is 44.5. The molecule has 0 saturated carbocycles. The van der Waals surface area contributed by atoms with Crippen LogP contribution in [0.4, 0.5) is 0 Å². The fourth-order valence-corrected chi connectivity index (χ4v) is 9.09. The Hall–Kier alpha value is -5.73. The molecule has 1 aliphatic heterocycles. The number of phenolic OH excluding ortho intramolecular Hbond substituents is 2. The number of aromatic hydroxyl groups is 2. The van der Waals surface area contributed by atoms with Crippen molar-refractivity contribution >= 4 is 40.7 Å². The first kappa shape index (κ1) is 43.4. The molecule has 1 saturated heterocycles. The quantitative estimate of drug-likeness (QED) is 0.162. The SMILES string of the molecule is CO[C@H]1[C@H](C)OC(N=C2CC(=O)c3c(cc4c(c3O)C(=O)[C@]3(OC)[C@H](O)Cc5cc(C)c(C(=O)N(C)CC(=O)OCc6ccccc6)c(O)c5[C@]3(O)C4=O)C2=O)C(CO)[C@@H]1O. The number of aliphatic hydroxyl groups excluding tert-OH is 3. The molecule has 8 atom stereocenters. The lowest BCUT2D eigenvalue weighted by atomic mass is 9.56. The van der Waals surface area contributed by atoms with E-state index in [1.165, 1.54) is 27.1 Å². The van der Waals surface area contributed by atoms with Crippen molar-refractivity contribution in [3.63, 3.8) is 0 Å². The third-order valence-corrected chi connectivity index (χ3v) is 12.1. The number of aryl methyl sites for hydroxylation is 1. The molecule has 2 unspecified atom stereocenters. The molecule has 3 aromatic rings. The van der Waals surface area contributed by atoms with Gasteiger partial charge in [0.15, 0.2) is 23.2 Å². The Balaban J connectivity index is 1.30. The number of nitrogens with zero attached hydrogens (tertiary/aromatic N) is 2. The van der Waals surface area contributed by atoms with E-state index in [2.05, 4.69) is 4.99 Å². The van der Waals surface area contributed by atoms with Gasteiger partial charge in [0.25, 0.3) is 5.91 Å². The van der Waals surface area contributed by atoms with Crippen molar-refractivity contribution in [3.8, 4) is 11.5 Å². The summed E-state index contributed by atoms with van der Waals surface area (Å²) in [4.78, 5) is 89.3. The van der Waals surface area contributed by atoms with Gasteiger partial charge in [-0.3, -0.25) is 33.8 Å². The molecule has 4 aliphatic rings. The number of rotatable bonds is 9. The molecule has 0 spiro atoms. The number of likely N-dealkylation sites (N-methyl/N-ethyl adjacent to an activating group) is 1. The summed E-state index contributed by atoms with van der Waals surface area (Å²) < 4.78 is 22.0. The molecule has 7 rings (SSSR count). The molecule has 61 heavy (non-hydrogen) atoms. The molecule has 0 aromatic heterocycles. The Morgan fingerprint density at radius 1 is 0.984 bits per heavy atom. The van der Waals surface area contributed by atoms with E-state index in [-0.39, 0.29) is 17.7 Å². The van der Waals surface area contributed by atoms with E-state index in [0.717, 1.165) is 18.1 Å². The minimum absolute atomic E-state index is 0.0651. The summed E-state index contributed by atoms with van der Waals surface area (Å²) in [5.41, 5.74) is -10.1. The van der Waals surface area contributed by atoms with Gasteiger partial charge in [-0.25, -0.2) is 0 Å². The van der Waals surface area contributed by atoms with Gasteiger partial charge in [0, 0.05) is 44.4 Å². The van der Waals surface area contributed by atoms with Gasteiger partial charge in [0.05, 0.1) is 59.7 Å². The third-order valence-electron chi connectivity index (χ3n) is 12.1. The Morgan fingerprint density at radius 2 is 1.67 bits per heavy atom. The summed E-state index contributed by atoms with van der Waals surface area (Å²) in [6, 6.07) is 10.9. The summed E-state index contributed by atoms with van der Waals surface area (Å²) in [5, 5.41) is 68.9. The number of fused-ring (bicyclic) bond motifs is 5. The van der Waals surface area contributed by atoms with Crippen LogP contribution in [0.3, 0.4) is 0 Å². The fourth-order valence-electron chi connectivity index (χ4n) is 9.09. The van der Waals surface area contributed by atoms with Gasteiger partial charge in [-0.05, 0) is 36.6 Å². The first-order chi connectivity index (χ1) is 28.9. The summed E-state index contributed by atoms with van der Waals surface area (Å²) in [6.07, 6.45) is -7.53. The van der Waals surface area contributed by atoms with Crippen molar-refractivity contribution in [1.82, 2.24) is 4.90 Å². The van der Waals surface area contributed by atoms with E-state index in [4.69, 9.17) is 18.9 Å². The van der Waals surface area contributed by atoms with Gasteiger partial charge < -0.3 is 54.5 Å². The molecule has 0 radical (unpaired) electrons. The topological polar surface area (TPSA) is 276 Å². The van der Waals surface area contributed by atoms with E-state index >= 15 is 0 Å². The van der Waals surface area contributed by atoms with E-state index in [1.807, 2.05) is 0 Å². The highest BCUT2D eigenvalue weighted by molar-refractivity contribution is 6.53. The highest BCUT2D eigenvalue weighted by atomic mass is 16.6. The van der Waals surface area contributed by atoms with Crippen LogP contribution in [0.2, 0.25) is 0 Å². The lowest BCUT2D eigenvalue weighted by Crippen LogP contribution is -2.73. The van der Waals surface area contributed by atoms with Crippen LogP contribution >= 0.6 is 0 Å². The van der Waals surface area contributed by atoms with Crippen LogP contribution in [-0.4, -0.2) is 147 Å². The number of esters is 1. The van der Waals surface area contributed by atoms with Crippen LogP contribution in [0.25, 0.3) is 0 Å². The van der Waals surface area contributed by atoms with E-state index in [1.54, 1.807) is 37.3 Å². The number of carbonyl (C=O) groups is 6. The minimum atomic E-state index is -3.34. The molecule has 3 aliphatic carbocycles. The number of carbonyl (C=O) groups excluding carboxylic acids is 6. The van der Waals surface area contributed by atoms with Gasteiger partial charge in [-0.2, -0.15) is 0 Å². The summed E-state index contributed by atoms with van der Waals surface area (Å²) in [7, 11) is 3.48. The first-order valence-corrected chi connectivity index (χ1v) is 19.3. The Labute approximate surface area is 347 Å². The van der Waals surface area contributed by atoms with Crippen LogP contribution < -0.4 is 0 Å². The summed E-state index contributed by atoms with van der Waals surface area (Å²) in [5.74, 6) is -9.69. The van der Waals surface area contributed by atoms with Crippen molar-refractivity contribution in [2.45, 2.75) is 75.1 Å². The van der Waals surface area contributed by atoms with Crippen molar-refractivity contribution in [2.24, 2.45) is 10.9 Å². The summed E-state index contributed by atoms with van der Waals surface area (Å²) >= 11 is 0. The standard InChI is InChI=1S/C43H44N2O16/c1-18-11-21-12-27(48)43(59-5)39(55)31-23(13-22-30(35(31)52)26(47)14-25(33(22)50)44-40-24(16-46)34(51)37(58-4)19(2)61-40)38(54)42(43,57)32(21)36(53)29(18)41(56)45(3)15-28(49)60-17-20-9-7-6-8-10-20/h6-11,13,19,24,27,34,37,40,46,48,51-53,57H,12,14-17H2,1-5H3/t19-,24?,27+,34-,37-,40?,42-,43+/m0/s1. The lowest BCUT2D eigenvalue weighted by molar-refractivity contribution is -0.206. The number of phenols is 2. The van der Waals surface area contributed by atoms with Crippen LogP contribution in [-0.2, 0) is 42.4 Å². The molecule has 18 nitrogen and oxygen atoms in total. The average Bonchev–Trinajstić information content (AvgIpc) is 3.21. The van der Waals surface area contributed by atoms with Crippen LogP contribution in [0.1, 0.15) is 87.4 Å².